The molecule has 3 aromatic rings. The highest BCUT2D eigenvalue weighted by atomic mass is 35.5. The summed E-state index contributed by atoms with van der Waals surface area (Å²) in [5, 5.41) is 3.33. The second kappa shape index (κ2) is 5.69. The van der Waals surface area contributed by atoms with Crippen LogP contribution >= 0.6 is 22.9 Å². The van der Waals surface area contributed by atoms with E-state index in [1.165, 1.54) is 23.5 Å². The lowest BCUT2D eigenvalue weighted by Gasteiger charge is -2.16. The first-order valence-electron chi connectivity index (χ1n) is 6.03. The lowest BCUT2D eigenvalue weighted by Crippen LogP contribution is -2.10. The van der Waals surface area contributed by atoms with Crippen LogP contribution in [0.4, 0.5) is 10.1 Å². The summed E-state index contributed by atoms with van der Waals surface area (Å²) in [5.41, 5.74) is 0.817. The van der Waals surface area contributed by atoms with Gasteiger partial charge in [-0.2, -0.15) is 0 Å². The number of halogens is 2. The topological polar surface area (TPSA) is 25.2 Å². The van der Waals surface area contributed by atoms with Crippen molar-refractivity contribution in [1.82, 2.24) is 0 Å². The third kappa shape index (κ3) is 2.86. The van der Waals surface area contributed by atoms with Gasteiger partial charge in [-0.15, -0.1) is 11.3 Å². The highest BCUT2D eigenvalue weighted by Crippen LogP contribution is 2.33. The average molecular weight is 308 g/mol. The van der Waals surface area contributed by atoms with E-state index in [2.05, 4.69) is 5.32 Å². The normalized spacial score (nSPS) is 12.3. The summed E-state index contributed by atoms with van der Waals surface area (Å²) in [5.74, 6) is 0.525. The van der Waals surface area contributed by atoms with Crippen LogP contribution in [0, 0.1) is 5.82 Å². The molecule has 0 saturated heterocycles. The van der Waals surface area contributed by atoms with Gasteiger partial charge in [0.2, 0.25) is 0 Å². The molecular weight excluding hydrogens is 297 g/mol. The maximum atomic E-state index is 13.0. The minimum atomic E-state index is -0.260. The third-order valence-electron chi connectivity index (χ3n) is 2.86. The molecular formula is C15H11ClFNOS. The molecule has 1 N–H and O–H groups in total. The largest absolute Gasteiger partial charge is 0.467 e. The van der Waals surface area contributed by atoms with E-state index in [1.54, 1.807) is 18.4 Å². The molecule has 0 fully saturated rings. The summed E-state index contributed by atoms with van der Waals surface area (Å²) < 4.78 is 19.2. The van der Waals surface area contributed by atoms with E-state index >= 15 is 0 Å². The van der Waals surface area contributed by atoms with Crippen molar-refractivity contribution < 1.29 is 8.81 Å². The van der Waals surface area contributed by atoms with Gasteiger partial charge < -0.3 is 9.73 Å². The Bertz CT molecular complexity index is 678. The lowest BCUT2D eigenvalue weighted by molar-refractivity contribution is 0.501. The van der Waals surface area contributed by atoms with Crippen molar-refractivity contribution in [2.45, 2.75) is 6.04 Å². The molecule has 0 saturated carbocycles. The van der Waals surface area contributed by atoms with Gasteiger partial charge in [-0.1, -0.05) is 11.6 Å². The quantitative estimate of drug-likeness (QED) is 0.704. The minimum absolute atomic E-state index is 0.145. The monoisotopic (exact) mass is 307 g/mol. The van der Waals surface area contributed by atoms with Crippen LogP contribution < -0.4 is 5.32 Å². The van der Waals surface area contributed by atoms with E-state index in [0.29, 0.717) is 0 Å². The molecule has 0 aliphatic carbocycles. The van der Waals surface area contributed by atoms with Gasteiger partial charge in [0.05, 0.1) is 10.6 Å². The fraction of sp³-hybridized carbons (Fsp3) is 0.0667. The fourth-order valence-corrected chi connectivity index (χ4v) is 3.05. The molecule has 2 aromatic heterocycles. The Kier molecular flexibility index (Phi) is 3.76. The second-order valence-corrected chi connectivity index (χ2v) is 5.99. The number of hydrogen-bond acceptors (Lipinski definition) is 3. The first-order chi connectivity index (χ1) is 9.72. The summed E-state index contributed by atoms with van der Waals surface area (Å²) in [4.78, 5) is 1.04. The summed E-state index contributed by atoms with van der Waals surface area (Å²) in [6.07, 6.45) is 1.63. The molecule has 0 radical (unpaired) electrons. The van der Waals surface area contributed by atoms with Crippen LogP contribution in [0.25, 0.3) is 0 Å². The zero-order chi connectivity index (χ0) is 13.9. The third-order valence-corrected chi connectivity index (χ3v) is 4.16. The van der Waals surface area contributed by atoms with E-state index in [9.17, 15) is 4.39 Å². The Morgan fingerprint density at radius 2 is 1.90 bits per heavy atom. The zero-order valence-corrected chi connectivity index (χ0v) is 11.9. The molecule has 0 bridgehead atoms. The summed E-state index contributed by atoms with van der Waals surface area (Å²) >= 11 is 7.49. The molecule has 0 amide bonds. The average Bonchev–Trinajstić information content (AvgIpc) is 3.09. The Morgan fingerprint density at radius 3 is 2.50 bits per heavy atom. The van der Waals surface area contributed by atoms with Crippen molar-refractivity contribution in [1.29, 1.82) is 0 Å². The smallest absolute Gasteiger partial charge is 0.131 e. The maximum absolute atomic E-state index is 13.0. The zero-order valence-electron chi connectivity index (χ0n) is 10.3. The molecule has 1 atom stereocenters. The number of anilines is 1. The molecule has 2 nitrogen and oxygen atoms in total. The van der Waals surface area contributed by atoms with Gasteiger partial charge in [-0.25, -0.2) is 4.39 Å². The number of hydrogen-bond donors (Lipinski definition) is 1. The molecule has 102 valence electrons. The van der Waals surface area contributed by atoms with Gasteiger partial charge in [0, 0.05) is 10.6 Å². The summed E-state index contributed by atoms with van der Waals surface area (Å²) in [6.45, 7) is 0. The Balaban J connectivity index is 1.92. The van der Waals surface area contributed by atoms with Gasteiger partial charge in [0.15, 0.2) is 0 Å². The van der Waals surface area contributed by atoms with Crippen LogP contribution in [0.5, 0.6) is 0 Å². The van der Waals surface area contributed by atoms with Gasteiger partial charge in [-0.05, 0) is 48.5 Å². The van der Waals surface area contributed by atoms with E-state index in [-0.39, 0.29) is 11.9 Å². The Labute approximate surface area is 124 Å². The maximum Gasteiger partial charge on any atom is 0.131 e. The number of thiophene rings is 1. The second-order valence-electron chi connectivity index (χ2n) is 4.24. The van der Waals surface area contributed by atoms with Crippen LogP contribution in [0.3, 0.4) is 0 Å². The van der Waals surface area contributed by atoms with Crippen LogP contribution in [-0.2, 0) is 0 Å². The predicted molar refractivity (Wildman–Crippen MR) is 79.9 cm³/mol. The molecule has 0 spiro atoms. The number of nitrogens with one attached hydrogen (secondary N) is 1. The lowest BCUT2D eigenvalue weighted by atomic mass is 10.1. The van der Waals surface area contributed by atoms with Crippen molar-refractivity contribution in [3.8, 4) is 0 Å². The summed E-state index contributed by atoms with van der Waals surface area (Å²) in [7, 11) is 0. The molecule has 1 aromatic carbocycles. The highest BCUT2D eigenvalue weighted by Gasteiger charge is 2.18. The standard InChI is InChI=1S/C15H11ClFNOS/c16-14-8-7-13(20-14)15(12-2-1-9-19-12)18-11-5-3-10(17)4-6-11/h1-9,15,18H. The predicted octanol–water partition coefficient (Wildman–Crippen LogP) is 5.34. The van der Waals surface area contributed by atoms with Gasteiger partial charge >= 0.3 is 0 Å². The Morgan fingerprint density at radius 1 is 1.10 bits per heavy atom. The van der Waals surface area contributed by atoms with Crippen LogP contribution in [0.2, 0.25) is 4.34 Å². The van der Waals surface area contributed by atoms with Crippen molar-refractivity contribution in [3.63, 3.8) is 0 Å². The van der Waals surface area contributed by atoms with Crippen molar-refractivity contribution >= 4 is 28.6 Å². The molecule has 0 aliphatic rings. The fourth-order valence-electron chi connectivity index (χ4n) is 1.93. The highest BCUT2D eigenvalue weighted by molar-refractivity contribution is 7.16. The van der Waals surface area contributed by atoms with Gasteiger partial charge in [0.25, 0.3) is 0 Å². The molecule has 2 heterocycles. The van der Waals surface area contributed by atoms with E-state index in [4.69, 9.17) is 16.0 Å². The molecule has 3 rings (SSSR count). The summed E-state index contributed by atoms with van der Waals surface area (Å²) in [6, 6.07) is 13.6. The molecule has 5 heteroatoms. The van der Waals surface area contributed by atoms with Crippen LogP contribution in [0.15, 0.2) is 59.2 Å². The minimum Gasteiger partial charge on any atom is -0.467 e. The van der Waals surface area contributed by atoms with Crippen molar-refractivity contribution in [3.05, 3.63) is 75.6 Å². The number of furan rings is 1. The van der Waals surface area contributed by atoms with Gasteiger partial charge in [0.1, 0.15) is 17.6 Å². The number of benzene rings is 1. The molecule has 1 unspecified atom stereocenters. The first-order valence-corrected chi connectivity index (χ1v) is 7.22. The number of rotatable bonds is 4. The SMILES string of the molecule is Fc1ccc(NC(c2ccco2)c2ccc(Cl)s2)cc1. The molecule has 0 aliphatic heterocycles. The van der Waals surface area contributed by atoms with Gasteiger partial charge in [-0.3, -0.25) is 0 Å². The van der Waals surface area contributed by atoms with Crippen LogP contribution in [-0.4, -0.2) is 0 Å². The van der Waals surface area contributed by atoms with E-state index in [0.717, 1.165) is 20.7 Å². The first kappa shape index (κ1) is 13.2. The van der Waals surface area contributed by atoms with Crippen molar-refractivity contribution in [2.75, 3.05) is 5.32 Å². The molecule has 20 heavy (non-hydrogen) atoms. The van der Waals surface area contributed by atoms with E-state index < -0.39 is 0 Å². The Hall–Kier alpha value is -1.78. The van der Waals surface area contributed by atoms with Crippen LogP contribution in [0.1, 0.15) is 16.7 Å². The van der Waals surface area contributed by atoms with E-state index in [1.807, 2.05) is 24.3 Å². The van der Waals surface area contributed by atoms with Crippen molar-refractivity contribution in [2.24, 2.45) is 0 Å².